The van der Waals surface area contributed by atoms with Crippen LogP contribution in [0.5, 0.6) is 0 Å². The van der Waals surface area contributed by atoms with Crippen LogP contribution < -0.4 is 0 Å². The standard InChI is InChI=1S/C11H17N3O/c1-8-3-4-11(15)6-9(8)5-10-7-12-14(2)13-10/h7-9H,3-6H2,1-2H3. The van der Waals surface area contributed by atoms with E-state index in [1.54, 1.807) is 11.0 Å². The molecule has 0 saturated heterocycles. The van der Waals surface area contributed by atoms with Crippen molar-refractivity contribution in [2.45, 2.75) is 32.6 Å². The SMILES string of the molecule is CC1CCC(=O)CC1Cc1cnn(C)n1. The summed E-state index contributed by atoms with van der Waals surface area (Å²) in [6.07, 6.45) is 5.20. The van der Waals surface area contributed by atoms with Crippen LogP contribution in [0.4, 0.5) is 0 Å². The highest BCUT2D eigenvalue weighted by molar-refractivity contribution is 5.79. The Morgan fingerprint density at radius 3 is 3.07 bits per heavy atom. The van der Waals surface area contributed by atoms with Gasteiger partial charge in [0.1, 0.15) is 5.78 Å². The molecule has 2 atom stereocenters. The van der Waals surface area contributed by atoms with E-state index < -0.39 is 0 Å². The fourth-order valence-electron chi connectivity index (χ4n) is 2.24. The smallest absolute Gasteiger partial charge is 0.133 e. The van der Waals surface area contributed by atoms with Crippen LogP contribution in [0.1, 0.15) is 31.9 Å². The van der Waals surface area contributed by atoms with E-state index in [2.05, 4.69) is 17.1 Å². The van der Waals surface area contributed by atoms with Gasteiger partial charge in [0.15, 0.2) is 0 Å². The number of hydrogen-bond donors (Lipinski definition) is 0. The first-order chi connectivity index (χ1) is 7.15. The van der Waals surface area contributed by atoms with Crippen molar-refractivity contribution < 1.29 is 4.79 Å². The third-order valence-corrected chi connectivity index (χ3v) is 3.29. The van der Waals surface area contributed by atoms with Gasteiger partial charge in [-0.15, -0.1) is 0 Å². The molecule has 0 N–H and O–H groups in total. The summed E-state index contributed by atoms with van der Waals surface area (Å²) in [6.45, 7) is 2.23. The lowest BCUT2D eigenvalue weighted by Gasteiger charge is -2.27. The molecule has 1 saturated carbocycles. The first kappa shape index (κ1) is 10.3. The van der Waals surface area contributed by atoms with Crippen molar-refractivity contribution in [1.82, 2.24) is 15.0 Å². The molecule has 0 bridgehead atoms. The minimum Gasteiger partial charge on any atom is -0.300 e. The van der Waals surface area contributed by atoms with Crippen molar-refractivity contribution in [3.63, 3.8) is 0 Å². The maximum absolute atomic E-state index is 11.4. The number of Topliss-reactive ketones (excluding diaryl/α,β-unsaturated/α-hetero) is 1. The minimum atomic E-state index is 0.405. The topological polar surface area (TPSA) is 47.8 Å². The van der Waals surface area contributed by atoms with Crippen molar-refractivity contribution in [2.24, 2.45) is 18.9 Å². The molecular formula is C11H17N3O. The van der Waals surface area contributed by atoms with Gasteiger partial charge in [-0.05, 0) is 24.7 Å². The molecule has 0 amide bonds. The first-order valence-corrected chi connectivity index (χ1v) is 5.52. The fraction of sp³-hybridized carbons (Fsp3) is 0.727. The zero-order chi connectivity index (χ0) is 10.8. The van der Waals surface area contributed by atoms with E-state index >= 15 is 0 Å². The molecule has 2 unspecified atom stereocenters. The Balaban J connectivity index is 2.01. The number of aromatic nitrogens is 3. The second-order valence-corrected chi connectivity index (χ2v) is 4.55. The molecular weight excluding hydrogens is 190 g/mol. The highest BCUT2D eigenvalue weighted by Crippen LogP contribution is 2.29. The van der Waals surface area contributed by atoms with Gasteiger partial charge in [-0.3, -0.25) is 4.79 Å². The number of hydrogen-bond acceptors (Lipinski definition) is 3. The molecule has 1 aromatic heterocycles. The zero-order valence-corrected chi connectivity index (χ0v) is 9.31. The highest BCUT2D eigenvalue weighted by Gasteiger charge is 2.26. The van der Waals surface area contributed by atoms with Crippen LogP contribution in [-0.2, 0) is 18.3 Å². The maximum Gasteiger partial charge on any atom is 0.133 e. The molecule has 0 radical (unpaired) electrons. The van der Waals surface area contributed by atoms with Crippen LogP contribution in [0.2, 0.25) is 0 Å². The predicted molar refractivity (Wildman–Crippen MR) is 56.2 cm³/mol. The monoisotopic (exact) mass is 207 g/mol. The summed E-state index contributed by atoms with van der Waals surface area (Å²) in [5.41, 5.74) is 1.00. The lowest BCUT2D eigenvalue weighted by molar-refractivity contribution is -0.122. The van der Waals surface area contributed by atoms with Gasteiger partial charge in [0.05, 0.1) is 11.9 Å². The second kappa shape index (κ2) is 4.13. The van der Waals surface area contributed by atoms with Gasteiger partial charge in [0.25, 0.3) is 0 Å². The molecule has 82 valence electrons. The largest absolute Gasteiger partial charge is 0.300 e. The predicted octanol–water partition coefficient (Wildman–Crippen LogP) is 1.36. The molecule has 4 nitrogen and oxygen atoms in total. The molecule has 1 aliphatic rings. The summed E-state index contributed by atoms with van der Waals surface area (Å²) < 4.78 is 0. The lowest BCUT2D eigenvalue weighted by atomic mass is 9.77. The third-order valence-electron chi connectivity index (χ3n) is 3.29. The number of carbonyl (C=O) groups is 1. The summed E-state index contributed by atoms with van der Waals surface area (Å²) >= 11 is 0. The maximum atomic E-state index is 11.4. The third kappa shape index (κ3) is 2.43. The molecule has 1 fully saturated rings. The molecule has 0 aliphatic heterocycles. The van der Waals surface area contributed by atoms with E-state index in [0.29, 0.717) is 17.6 Å². The number of rotatable bonds is 2. The van der Waals surface area contributed by atoms with Crippen molar-refractivity contribution in [1.29, 1.82) is 0 Å². The minimum absolute atomic E-state index is 0.405. The fourth-order valence-corrected chi connectivity index (χ4v) is 2.24. The van der Waals surface area contributed by atoms with Crippen LogP contribution in [0.25, 0.3) is 0 Å². The molecule has 0 spiro atoms. The quantitative estimate of drug-likeness (QED) is 0.735. The van der Waals surface area contributed by atoms with Gasteiger partial charge in [-0.25, -0.2) is 0 Å². The van der Waals surface area contributed by atoms with Crippen LogP contribution in [0.3, 0.4) is 0 Å². The molecule has 1 heterocycles. The molecule has 1 aromatic rings. The van der Waals surface area contributed by atoms with E-state index in [0.717, 1.165) is 31.4 Å². The average molecular weight is 207 g/mol. The first-order valence-electron chi connectivity index (χ1n) is 5.52. The van der Waals surface area contributed by atoms with Gasteiger partial charge in [-0.1, -0.05) is 6.92 Å². The Bertz CT molecular complexity index is 358. The summed E-state index contributed by atoms with van der Waals surface area (Å²) in [6, 6.07) is 0. The molecule has 4 heteroatoms. The van der Waals surface area contributed by atoms with Crippen molar-refractivity contribution in [3.8, 4) is 0 Å². The van der Waals surface area contributed by atoms with Gasteiger partial charge in [0, 0.05) is 19.9 Å². The summed E-state index contributed by atoms with van der Waals surface area (Å²) in [5, 5.41) is 8.31. The van der Waals surface area contributed by atoms with Gasteiger partial charge in [0.2, 0.25) is 0 Å². The van der Waals surface area contributed by atoms with E-state index in [9.17, 15) is 4.79 Å². The van der Waals surface area contributed by atoms with Gasteiger partial charge < -0.3 is 0 Å². The molecule has 1 aliphatic carbocycles. The number of ketones is 1. The Morgan fingerprint density at radius 2 is 2.40 bits per heavy atom. The summed E-state index contributed by atoms with van der Waals surface area (Å²) in [4.78, 5) is 12.9. The summed E-state index contributed by atoms with van der Waals surface area (Å²) in [7, 11) is 1.82. The van der Waals surface area contributed by atoms with E-state index in [1.165, 1.54) is 0 Å². The van der Waals surface area contributed by atoms with Crippen molar-refractivity contribution in [3.05, 3.63) is 11.9 Å². The molecule has 2 rings (SSSR count). The normalized spacial score (nSPS) is 26.9. The van der Waals surface area contributed by atoms with Gasteiger partial charge >= 0.3 is 0 Å². The van der Waals surface area contributed by atoms with Crippen LogP contribution in [0, 0.1) is 11.8 Å². The van der Waals surface area contributed by atoms with E-state index in [-0.39, 0.29) is 0 Å². The molecule has 15 heavy (non-hydrogen) atoms. The average Bonchev–Trinajstić information content (AvgIpc) is 2.58. The Morgan fingerprint density at radius 1 is 1.60 bits per heavy atom. The Hall–Kier alpha value is -1.19. The molecule has 0 aromatic carbocycles. The Kier molecular flexibility index (Phi) is 2.84. The number of nitrogens with zero attached hydrogens (tertiary/aromatic N) is 3. The highest BCUT2D eigenvalue weighted by atomic mass is 16.1. The van der Waals surface area contributed by atoms with Gasteiger partial charge in [-0.2, -0.15) is 15.0 Å². The second-order valence-electron chi connectivity index (χ2n) is 4.55. The lowest BCUT2D eigenvalue weighted by Crippen LogP contribution is -2.24. The zero-order valence-electron chi connectivity index (χ0n) is 9.31. The Labute approximate surface area is 89.7 Å². The van der Waals surface area contributed by atoms with Crippen LogP contribution in [-0.4, -0.2) is 20.8 Å². The van der Waals surface area contributed by atoms with Crippen molar-refractivity contribution >= 4 is 5.78 Å². The number of aryl methyl sites for hydroxylation is 1. The van der Waals surface area contributed by atoms with E-state index in [4.69, 9.17) is 0 Å². The summed E-state index contributed by atoms with van der Waals surface area (Å²) in [5.74, 6) is 1.50. The van der Waals surface area contributed by atoms with Crippen LogP contribution >= 0.6 is 0 Å². The van der Waals surface area contributed by atoms with Crippen molar-refractivity contribution in [2.75, 3.05) is 0 Å². The van der Waals surface area contributed by atoms with E-state index in [1.807, 2.05) is 7.05 Å². The number of carbonyl (C=O) groups excluding carboxylic acids is 1. The van der Waals surface area contributed by atoms with Crippen LogP contribution in [0.15, 0.2) is 6.20 Å².